The number of hydrogen-bond donors (Lipinski definition) is 2. The van der Waals surface area contributed by atoms with Gasteiger partial charge in [0.05, 0.1) is 22.8 Å². The number of carbonyl (C=O) groups excluding carboxylic acids is 1. The molecule has 0 aliphatic rings. The molecular weight excluding hydrogens is 432 g/mol. The highest BCUT2D eigenvalue weighted by Crippen LogP contribution is 2.36. The van der Waals surface area contributed by atoms with Crippen molar-refractivity contribution < 1.29 is 22.7 Å². The van der Waals surface area contributed by atoms with Gasteiger partial charge in [-0.05, 0) is 18.6 Å². The lowest BCUT2D eigenvalue weighted by molar-refractivity contribution is -0.144. The van der Waals surface area contributed by atoms with Gasteiger partial charge in [-0.2, -0.15) is 18.3 Å². The zero-order valence-electron chi connectivity index (χ0n) is 15.9. The van der Waals surface area contributed by atoms with Crippen LogP contribution in [0.2, 0.25) is 10.0 Å². The van der Waals surface area contributed by atoms with Crippen LogP contribution in [-0.2, 0) is 23.9 Å². The van der Waals surface area contributed by atoms with E-state index in [2.05, 4.69) is 15.7 Å². The van der Waals surface area contributed by atoms with Gasteiger partial charge in [-0.15, -0.1) is 0 Å². The summed E-state index contributed by atoms with van der Waals surface area (Å²) in [6, 6.07) is 5.10. The molecule has 1 heterocycles. The molecule has 11 heteroatoms. The van der Waals surface area contributed by atoms with Crippen LogP contribution in [0.4, 0.5) is 18.9 Å². The van der Waals surface area contributed by atoms with Gasteiger partial charge in [0.25, 0.3) is 0 Å². The summed E-state index contributed by atoms with van der Waals surface area (Å²) >= 11 is 11.8. The second-order valence-electron chi connectivity index (χ2n) is 6.14. The molecule has 0 unspecified atom stereocenters. The monoisotopic (exact) mass is 452 g/mol. The summed E-state index contributed by atoms with van der Waals surface area (Å²) in [6.45, 7) is 1.77. The Balaban J connectivity index is 1.93. The summed E-state index contributed by atoms with van der Waals surface area (Å²) in [5.74, 6) is -0.105. The zero-order valence-corrected chi connectivity index (χ0v) is 17.4. The minimum absolute atomic E-state index is 0.132. The Morgan fingerprint density at radius 2 is 2.00 bits per heavy atom. The van der Waals surface area contributed by atoms with Crippen molar-refractivity contribution in [2.75, 3.05) is 25.5 Å². The van der Waals surface area contributed by atoms with Crippen LogP contribution < -0.4 is 15.4 Å². The zero-order chi connectivity index (χ0) is 21.6. The number of hydrogen-bond acceptors (Lipinski definition) is 4. The second kappa shape index (κ2) is 10.1. The Morgan fingerprint density at radius 3 is 2.62 bits per heavy atom. The van der Waals surface area contributed by atoms with Gasteiger partial charge < -0.3 is 15.4 Å². The Bertz CT molecular complexity index is 856. The molecule has 2 rings (SSSR count). The van der Waals surface area contributed by atoms with Gasteiger partial charge in [-0.1, -0.05) is 36.5 Å². The fourth-order valence-electron chi connectivity index (χ4n) is 2.64. The van der Waals surface area contributed by atoms with E-state index in [1.54, 1.807) is 25.1 Å². The van der Waals surface area contributed by atoms with Crippen molar-refractivity contribution in [3.05, 3.63) is 39.6 Å². The molecule has 2 N–H and O–H groups in total. The molecule has 0 atom stereocenters. The van der Waals surface area contributed by atoms with Crippen molar-refractivity contribution in [3.63, 3.8) is 0 Å². The molecule has 0 aliphatic carbocycles. The number of anilines is 1. The van der Waals surface area contributed by atoms with Crippen LogP contribution in [-0.4, -0.2) is 35.9 Å². The highest BCUT2D eigenvalue weighted by Gasteiger charge is 2.39. The summed E-state index contributed by atoms with van der Waals surface area (Å²) < 4.78 is 45.6. The van der Waals surface area contributed by atoms with Gasteiger partial charge in [-0.3, -0.25) is 4.79 Å². The maximum Gasteiger partial charge on any atom is 0.434 e. The molecule has 160 valence electrons. The summed E-state index contributed by atoms with van der Waals surface area (Å²) in [4.78, 5) is 12.1. The highest BCUT2D eigenvalue weighted by atomic mass is 35.5. The number of benzene rings is 1. The maximum absolute atomic E-state index is 13.3. The summed E-state index contributed by atoms with van der Waals surface area (Å²) in [5, 5.41) is 9.49. The first-order valence-electron chi connectivity index (χ1n) is 8.83. The molecule has 1 aromatic heterocycles. The van der Waals surface area contributed by atoms with Crippen molar-refractivity contribution in [2.45, 2.75) is 32.5 Å². The standard InChI is InChI=1S/C18H21Cl2F3N4O2/c1-3-4-13-16(20)17(18(21,22)23)27(26-13)10-15(28)25-8-7-24-11-5-6-12(19)14(9-11)29-2/h5-6,9,24H,3-4,7-8,10H2,1-2H3,(H,25,28). The van der Waals surface area contributed by atoms with Crippen LogP contribution in [0.1, 0.15) is 24.7 Å². The average molecular weight is 453 g/mol. The van der Waals surface area contributed by atoms with Crippen LogP contribution in [0.5, 0.6) is 5.75 Å². The fraction of sp³-hybridized carbons (Fsp3) is 0.444. The van der Waals surface area contributed by atoms with E-state index < -0.39 is 29.3 Å². The third-order valence-corrected chi connectivity index (χ3v) is 4.65. The van der Waals surface area contributed by atoms with E-state index in [9.17, 15) is 18.0 Å². The van der Waals surface area contributed by atoms with Gasteiger partial charge in [0.15, 0.2) is 5.69 Å². The third-order valence-electron chi connectivity index (χ3n) is 3.94. The molecule has 0 bridgehead atoms. The van der Waals surface area contributed by atoms with Crippen LogP contribution in [0.25, 0.3) is 0 Å². The molecule has 6 nitrogen and oxygen atoms in total. The van der Waals surface area contributed by atoms with E-state index in [0.717, 1.165) is 5.69 Å². The van der Waals surface area contributed by atoms with E-state index in [4.69, 9.17) is 27.9 Å². The third kappa shape index (κ3) is 6.17. The number of amides is 1. The maximum atomic E-state index is 13.3. The van der Waals surface area contributed by atoms with Gasteiger partial charge >= 0.3 is 6.18 Å². The van der Waals surface area contributed by atoms with Crippen molar-refractivity contribution in [3.8, 4) is 5.75 Å². The van der Waals surface area contributed by atoms with Crippen molar-refractivity contribution in [1.29, 1.82) is 0 Å². The van der Waals surface area contributed by atoms with Crippen LogP contribution in [0, 0.1) is 0 Å². The molecule has 1 aromatic carbocycles. The van der Waals surface area contributed by atoms with Gasteiger partial charge in [0.2, 0.25) is 5.91 Å². The van der Waals surface area contributed by atoms with Gasteiger partial charge in [-0.25, -0.2) is 4.68 Å². The van der Waals surface area contributed by atoms with Crippen molar-refractivity contribution in [2.24, 2.45) is 0 Å². The highest BCUT2D eigenvalue weighted by molar-refractivity contribution is 6.32. The number of carbonyl (C=O) groups is 1. The van der Waals surface area contributed by atoms with E-state index in [1.807, 2.05) is 0 Å². The Morgan fingerprint density at radius 1 is 1.28 bits per heavy atom. The minimum Gasteiger partial charge on any atom is -0.495 e. The lowest BCUT2D eigenvalue weighted by Crippen LogP contribution is -2.33. The van der Waals surface area contributed by atoms with E-state index in [1.165, 1.54) is 7.11 Å². The number of ether oxygens (including phenoxy) is 1. The number of nitrogens with zero attached hydrogens (tertiary/aromatic N) is 2. The summed E-state index contributed by atoms with van der Waals surface area (Å²) in [6.07, 6.45) is -3.82. The van der Waals surface area contributed by atoms with E-state index in [-0.39, 0.29) is 12.2 Å². The van der Waals surface area contributed by atoms with E-state index >= 15 is 0 Å². The number of alkyl halides is 3. The summed E-state index contributed by atoms with van der Waals surface area (Å²) in [5.41, 5.74) is -0.250. The molecule has 29 heavy (non-hydrogen) atoms. The average Bonchev–Trinajstić information content (AvgIpc) is 2.95. The fourth-order valence-corrected chi connectivity index (χ4v) is 3.17. The molecule has 1 amide bonds. The van der Waals surface area contributed by atoms with Crippen LogP contribution in [0.15, 0.2) is 18.2 Å². The smallest absolute Gasteiger partial charge is 0.434 e. The minimum atomic E-state index is -4.70. The first kappa shape index (κ1) is 23.2. The lowest BCUT2D eigenvalue weighted by Gasteiger charge is -2.12. The molecule has 0 fully saturated rings. The lowest BCUT2D eigenvalue weighted by atomic mass is 10.2. The summed E-state index contributed by atoms with van der Waals surface area (Å²) in [7, 11) is 1.49. The number of halogens is 5. The number of aromatic nitrogens is 2. The molecule has 0 saturated carbocycles. The largest absolute Gasteiger partial charge is 0.495 e. The SMILES string of the molecule is CCCc1nn(CC(=O)NCCNc2ccc(Cl)c(OC)c2)c(C(F)(F)F)c1Cl. The topological polar surface area (TPSA) is 68.2 Å². The van der Waals surface area contributed by atoms with Gasteiger partial charge in [0.1, 0.15) is 12.3 Å². The molecule has 0 aliphatic heterocycles. The van der Waals surface area contributed by atoms with Crippen molar-refractivity contribution in [1.82, 2.24) is 15.1 Å². The molecule has 0 spiro atoms. The quantitative estimate of drug-likeness (QED) is 0.553. The Hall–Kier alpha value is -2.13. The number of nitrogens with one attached hydrogen (secondary N) is 2. The molecular formula is C18H21Cl2F3N4O2. The normalized spacial score (nSPS) is 11.4. The predicted octanol–water partition coefficient (Wildman–Crippen LogP) is 4.40. The number of aryl methyl sites for hydroxylation is 1. The molecule has 0 saturated heterocycles. The second-order valence-corrected chi connectivity index (χ2v) is 6.93. The number of methoxy groups -OCH3 is 1. The van der Waals surface area contributed by atoms with Crippen molar-refractivity contribution >= 4 is 34.8 Å². The molecule has 0 radical (unpaired) electrons. The number of rotatable bonds is 9. The van der Waals surface area contributed by atoms with Gasteiger partial charge in [0, 0.05) is 24.8 Å². The predicted molar refractivity (Wildman–Crippen MR) is 106 cm³/mol. The first-order chi connectivity index (χ1) is 13.7. The van der Waals surface area contributed by atoms with Crippen LogP contribution >= 0.6 is 23.2 Å². The molecule has 2 aromatic rings. The Labute approximate surface area is 176 Å². The van der Waals surface area contributed by atoms with E-state index in [0.29, 0.717) is 34.8 Å². The first-order valence-corrected chi connectivity index (χ1v) is 9.59. The Kier molecular flexibility index (Phi) is 8.04. The van der Waals surface area contributed by atoms with Crippen LogP contribution in [0.3, 0.4) is 0 Å².